The van der Waals surface area contributed by atoms with Crippen LogP contribution in [0.25, 0.3) is 10.8 Å². The summed E-state index contributed by atoms with van der Waals surface area (Å²) in [5.74, 6) is -0.653. The lowest BCUT2D eigenvalue weighted by Crippen LogP contribution is -1.93. The van der Waals surface area contributed by atoms with Gasteiger partial charge in [0.1, 0.15) is 0 Å². The number of anilines is 2. The van der Waals surface area contributed by atoms with E-state index in [1.807, 2.05) is 18.2 Å². The standard InChI is InChI=1S/C18H36O2.C16H13N/c1-2-3-4-5-6-7-8-9-10-11-12-13-14-15-16-17-18(19)20;1-2-8-15(9-3-1)17-16-11-10-13-6-4-5-7-14(13)12-16/h2-17H2,1H3,(H,19,20);1-12,17H. The summed E-state index contributed by atoms with van der Waals surface area (Å²) in [5.41, 5.74) is 2.23. The lowest BCUT2D eigenvalue weighted by Gasteiger charge is -2.07. The van der Waals surface area contributed by atoms with E-state index in [1.54, 1.807) is 0 Å². The molecule has 0 aromatic heterocycles. The number of fused-ring (bicyclic) bond motifs is 1. The van der Waals surface area contributed by atoms with Crippen molar-refractivity contribution in [1.29, 1.82) is 0 Å². The van der Waals surface area contributed by atoms with Gasteiger partial charge in [-0.25, -0.2) is 0 Å². The summed E-state index contributed by atoms with van der Waals surface area (Å²) in [6, 6.07) is 25.0. The van der Waals surface area contributed by atoms with Gasteiger partial charge in [0.25, 0.3) is 0 Å². The molecule has 0 unspecified atom stereocenters. The van der Waals surface area contributed by atoms with Gasteiger partial charge in [0, 0.05) is 17.8 Å². The summed E-state index contributed by atoms with van der Waals surface area (Å²) in [4.78, 5) is 10.3. The Labute approximate surface area is 225 Å². The molecule has 3 heteroatoms. The molecule has 0 saturated carbocycles. The predicted molar refractivity (Wildman–Crippen MR) is 161 cm³/mol. The second-order valence-corrected chi connectivity index (χ2v) is 10.1. The maximum atomic E-state index is 10.3. The summed E-state index contributed by atoms with van der Waals surface area (Å²) in [6.45, 7) is 2.27. The van der Waals surface area contributed by atoms with Gasteiger partial charge < -0.3 is 10.4 Å². The van der Waals surface area contributed by atoms with E-state index in [2.05, 4.69) is 66.8 Å². The van der Waals surface area contributed by atoms with Gasteiger partial charge in [-0.1, -0.05) is 145 Å². The molecule has 0 amide bonds. The first kappa shape index (κ1) is 30.4. The zero-order valence-corrected chi connectivity index (χ0v) is 23.1. The summed E-state index contributed by atoms with van der Waals surface area (Å²) >= 11 is 0. The molecule has 0 radical (unpaired) electrons. The third kappa shape index (κ3) is 15.1. The first-order valence-electron chi connectivity index (χ1n) is 14.7. The van der Waals surface area contributed by atoms with Crippen molar-refractivity contribution in [1.82, 2.24) is 0 Å². The zero-order chi connectivity index (χ0) is 26.4. The molecule has 0 saturated heterocycles. The second kappa shape index (κ2) is 20.3. The molecule has 3 rings (SSSR count). The minimum atomic E-state index is -0.653. The number of hydrogen-bond acceptors (Lipinski definition) is 2. The number of carboxylic acids is 1. The van der Waals surface area contributed by atoms with E-state index in [0.29, 0.717) is 6.42 Å². The van der Waals surface area contributed by atoms with Gasteiger partial charge in [-0.2, -0.15) is 0 Å². The van der Waals surface area contributed by atoms with E-state index in [9.17, 15) is 4.79 Å². The monoisotopic (exact) mass is 503 g/mol. The number of rotatable bonds is 18. The molecular formula is C34H49NO2. The number of para-hydroxylation sites is 1. The Morgan fingerprint density at radius 1 is 0.568 bits per heavy atom. The van der Waals surface area contributed by atoms with E-state index in [1.165, 1.54) is 94.2 Å². The van der Waals surface area contributed by atoms with Crippen LogP contribution in [0.5, 0.6) is 0 Å². The topological polar surface area (TPSA) is 49.3 Å². The molecular weight excluding hydrogens is 454 g/mol. The van der Waals surface area contributed by atoms with E-state index < -0.39 is 5.97 Å². The number of hydrogen-bond donors (Lipinski definition) is 2. The molecule has 3 aromatic rings. The van der Waals surface area contributed by atoms with Crippen LogP contribution in [-0.4, -0.2) is 11.1 Å². The van der Waals surface area contributed by atoms with Crippen LogP contribution < -0.4 is 5.32 Å². The second-order valence-electron chi connectivity index (χ2n) is 10.1. The van der Waals surface area contributed by atoms with Crippen molar-refractivity contribution in [2.45, 2.75) is 110 Å². The maximum absolute atomic E-state index is 10.3. The Bertz CT molecular complexity index is 970. The molecule has 0 spiro atoms. The van der Waals surface area contributed by atoms with Crippen LogP contribution >= 0.6 is 0 Å². The minimum Gasteiger partial charge on any atom is -0.481 e. The van der Waals surface area contributed by atoms with Crippen molar-refractivity contribution in [3.8, 4) is 0 Å². The van der Waals surface area contributed by atoms with Crippen LogP contribution in [-0.2, 0) is 4.79 Å². The average Bonchev–Trinajstić information content (AvgIpc) is 2.91. The highest BCUT2D eigenvalue weighted by Crippen LogP contribution is 2.22. The predicted octanol–water partition coefficient (Wildman–Crippen LogP) is 10.9. The van der Waals surface area contributed by atoms with Crippen molar-refractivity contribution in [3.63, 3.8) is 0 Å². The van der Waals surface area contributed by atoms with Crippen molar-refractivity contribution in [2.75, 3.05) is 5.32 Å². The highest BCUT2D eigenvalue weighted by Gasteiger charge is 1.98. The summed E-state index contributed by atoms with van der Waals surface area (Å²) in [5, 5.41) is 14.4. The molecule has 37 heavy (non-hydrogen) atoms. The maximum Gasteiger partial charge on any atom is 0.303 e. The smallest absolute Gasteiger partial charge is 0.303 e. The van der Waals surface area contributed by atoms with Crippen molar-refractivity contribution in [3.05, 3.63) is 72.8 Å². The third-order valence-corrected chi connectivity index (χ3v) is 6.81. The molecule has 0 aliphatic carbocycles. The van der Waals surface area contributed by atoms with Crippen LogP contribution in [0.15, 0.2) is 72.8 Å². The Hall–Kier alpha value is -2.81. The molecule has 3 aromatic carbocycles. The summed E-state index contributed by atoms with van der Waals surface area (Å²) < 4.78 is 0. The fourth-order valence-corrected chi connectivity index (χ4v) is 4.60. The Kier molecular flexibility index (Phi) is 16.7. The fourth-order valence-electron chi connectivity index (χ4n) is 4.60. The van der Waals surface area contributed by atoms with Crippen LogP contribution in [0.2, 0.25) is 0 Å². The van der Waals surface area contributed by atoms with E-state index >= 15 is 0 Å². The lowest BCUT2D eigenvalue weighted by molar-refractivity contribution is -0.137. The van der Waals surface area contributed by atoms with E-state index in [-0.39, 0.29) is 0 Å². The lowest BCUT2D eigenvalue weighted by atomic mass is 10.0. The molecule has 0 bridgehead atoms. The molecule has 3 nitrogen and oxygen atoms in total. The third-order valence-electron chi connectivity index (χ3n) is 6.81. The number of unbranched alkanes of at least 4 members (excludes halogenated alkanes) is 14. The first-order valence-corrected chi connectivity index (χ1v) is 14.7. The molecule has 0 aliphatic heterocycles. The SMILES string of the molecule is CCCCCCCCCCCCCCCCCC(=O)O.c1ccc(Nc2ccc3ccccc3c2)cc1. The van der Waals surface area contributed by atoms with E-state index in [0.717, 1.165) is 24.2 Å². The normalized spacial score (nSPS) is 10.6. The van der Waals surface area contributed by atoms with Crippen molar-refractivity contribution >= 4 is 28.1 Å². The van der Waals surface area contributed by atoms with Crippen LogP contribution in [0.1, 0.15) is 110 Å². The van der Waals surface area contributed by atoms with Gasteiger partial charge in [-0.3, -0.25) is 4.79 Å². The number of benzene rings is 3. The van der Waals surface area contributed by atoms with Crippen molar-refractivity contribution < 1.29 is 9.90 Å². The fraction of sp³-hybridized carbons (Fsp3) is 0.500. The minimum absolute atomic E-state index is 0.345. The highest BCUT2D eigenvalue weighted by atomic mass is 16.4. The first-order chi connectivity index (χ1) is 18.2. The Morgan fingerprint density at radius 2 is 1.05 bits per heavy atom. The Balaban J connectivity index is 0.000000262. The zero-order valence-electron chi connectivity index (χ0n) is 23.1. The van der Waals surface area contributed by atoms with Gasteiger partial charge in [-0.05, 0) is 41.5 Å². The Morgan fingerprint density at radius 3 is 1.59 bits per heavy atom. The van der Waals surface area contributed by atoms with Gasteiger partial charge in [0.2, 0.25) is 0 Å². The molecule has 0 fully saturated rings. The van der Waals surface area contributed by atoms with Crippen LogP contribution in [0.3, 0.4) is 0 Å². The summed E-state index contributed by atoms with van der Waals surface area (Å²) in [7, 11) is 0. The number of carboxylic acid groups (broad SMARTS) is 1. The van der Waals surface area contributed by atoms with Gasteiger partial charge >= 0.3 is 5.97 Å². The number of nitrogens with one attached hydrogen (secondary N) is 1. The van der Waals surface area contributed by atoms with Crippen molar-refractivity contribution in [2.24, 2.45) is 0 Å². The average molecular weight is 504 g/mol. The molecule has 2 N–H and O–H groups in total. The van der Waals surface area contributed by atoms with Crippen LogP contribution in [0, 0.1) is 0 Å². The van der Waals surface area contributed by atoms with Gasteiger partial charge in [0.15, 0.2) is 0 Å². The van der Waals surface area contributed by atoms with Gasteiger partial charge in [0.05, 0.1) is 0 Å². The molecule has 0 aliphatic rings. The molecule has 202 valence electrons. The van der Waals surface area contributed by atoms with Gasteiger partial charge in [-0.15, -0.1) is 0 Å². The highest BCUT2D eigenvalue weighted by molar-refractivity contribution is 5.86. The molecule has 0 heterocycles. The summed E-state index contributed by atoms with van der Waals surface area (Å²) in [6.07, 6.45) is 20.2. The molecule has 0 atom stereocenters. The van der Waals surface area contributed by atoms with Crippen LogP contribution in [0.4, 0.5) is 11.4 Å². The number of carbonyl (C=O) groups is 1. The largest absolute Gasteiger partial charge is 0.481 e. The quantitative estimate of drug-likeness (QED) is 0.170. The number of aliphatic carboxylic acids is 1. The van der Waals surface area contributed by atoms with E-state index in [4.69, 9.17) is 5.11 Å².